The van der Waals surface area contributed by atoms with Crippen LogP contribution in [0.5, 0.6) is 0 Å². The van der Waals surface area contributed by atoms with Crippen molar-refractivity contribution < 1.29 is 9.53 Å². The molecular formula is C18H28N2O2S. The molecule has 1 N–H and O–H groups in total. The molecule has 1 atom stereocenters. The molecule has 2 rings (SSSR count). The van der Waals surface area contributed by atoms with Crippen molar-refractivity contribution in [2.75, 3.05) is 24.7 Å². The van der Waals surface area contributed by atoms with Crippen LogP contribution in [0.1, 0.15) is 40.0 Å². The smallest absolute Gasteiger partial charge is 0.410 e. The summed E-state index contributed by atoms with van der Waals surface area (Å²) in [7, 11) is 0. The second kappa shape index (κ2) is 7.95. The van der Waals surface area contributed by atoms with Gasteiger partial charge in [-0.15, -0.1) is 11.8 Å². The van der Waals surface area contributed by atoms with Crippen LogP contribution in [-0.2, 0) is 4.74 Å². The van der Waals surface area contributed by atoms with Crippen LogP contribution in [0.2, 0.25) is 0 Å². The Hall–Kier alpha value is -1.36. The lowest BCUT2D eigenvalue weighted by atomic mass is 10.1. The molecule has 1 aliphatic heterocycles. The molecule has 1 unspecified atom stereocenters. The molecule has 1 aromatic carbocycles. The number of hydrogen-bond donors (Lipinski definition) is 1. The van der Waals surface area contributed by atoms with E-state index in [0.29, 0.717) is 6.04 Å². The molecule has 0 bridgehead atoms. The normalized spacial score (nSPS) is 19.1. The van der Waals surface area contributed by atoms with Gasteiger partial charge in [0.05, 0.1) is 0 Å². The maximum atomic E-state index is 12.2. The molecule has 1 aromatic rings. The predicted molar refractivity (Wildman–Crippen MR) is 97.3 cm³/mol. The summed E-state index contributed by atoms with van der Waals surface area (Å²) in [6, 6.07) is 8.89. The van der Waals surface area contributed by atoms with E-state index in [4.69, 9.17) is 4.74 Å². The van der Waals surface area contributed by atoms with Gasteiger partial charge in [-0.3, -0.25) is 0 Å². The Morgan fingerprint density at radius 3 is 2.78 bits per heavy atom. The molecule has 1 amide bonds. The quantitative estimate of drug-likeness (QED) is 0.819. The first-order valence-electron chi connectivity index (χ1n) is 8.26. The van der Waals surface area contributed by atoms with Crippen LogP contribution in [0.3, 0.4) is 0 Å². The van der Waals surface area contributed by atoms with Crippen molar-refractivity contribution in [3.05, 3.63) is 24.3 Å². The molecule has 1 aliphatic rings. The second-order valence-corrected chi connectivity index (χ2v) is 7.85. The zero-order chi connectivity index (χ0) is 16.9. The number of benzene rings is 1. The van der Waals surface area contributed by atoms with Crippen LogP contribution in [0.4, 0.5) is 10.5 Å². The van der Waals surface area contributed by atoms with Crippen LogP contribution < -0.4 is 5.32 Å². The molecule has 0 spiro atoms. The van der Waals surface area contributed by atoms with Gasteiger partial charge < -0.3 is 15.0 Å². The van der Waals surface area contributed by atoms with Gasteiger partial charge in [0.15, 0.2) is 0 Å². The predicted octanol–water partition coefficient (Wildman–Crippen LogP) is 4.61. The van der Waals surface area contributed by atoms with E-state index in [0.717, 1.165) is 38.0 Å². The second-order valence-electron chi connectivity index (χ2n) is 6.97. The van der Waals surface area contributed by atoms with Crippen molar-refractivity contribution in [1.82, 2.24) is 4.90 Å². The molecule has 128 valence electrons. The largest absolute Gasteiger partial charge is 0.444 e. The summed E-state index contributed by atoms with van der Waals surface area (Å²) in [6.07, 6.45) is 4.91. The van der Waals surface area contributed by atoms with Crippen LogP contribution >= 0.6 is 11.8 Å². The summed E-state index contributed by atoms with van der Waals surface area (Å²) in [5, 5.41) is 3.61. The van der Waals surface area contributed by atoms with Crippen LogP contribution in [0, 0.1) is 0 Å². The standard InChI is InChI=1S/C18H28N2O2S/c1-18(2,3)22-17(21)20-11-6-8-14(10-12-20)19-15-7-5-9-16(13-15)23-4/h5,7,9,13-14,19H,6,8,10-12H2,1-4H3. The minimum absolute atomic E-state index is 0.192. The Morgan fingerprint density at radius 2 is 2.09 bits per heavy atom. The third kappa shape index (κ3) is 5.98. The maximum absolute atomic E-state index is 12.2. The third-order valence-electron chi connectivity index (χ3n) is 3.82. The number of hydrogen-bond acceptors (Lipinski definition) is 4. The first-order valence-corrected chi connectivity index (χ1v) is 9.48. The lowest BCUT2D eigenvalue weighted by molar-refractivity contribution is 0.0256. The minimum Gasteiger partial charge on any atom is -0.444 e. The number of amides is 1. The van der Waals surface area contributed by atoms with Gasteiger partial charge in [-0.1, -0.05) is 6.07 Å². The van der Waals surface area contributed by atoms with E-state index in [1.165, 1.54) is 4.90 Å². The molecule has 5 heteroatoms. The SMILES string of the molecule is CSc1cccc(NC2CCCN(C(=O)OC(C)(C)C)CC2)c1. The summed E-state index contributed by atoms with van der Waals surface area (Å²) in [5.41, 5.74) is 0.729. The number of carbonyl (C=O) groups is 1. The topological polar surface area (TPSA) is 41.6 Å². The van der Waals surface area contributed by atoms with E-state index >= 15 is 0 Å². The van der Waals surface area contributed by atoms with Gasteiger partial charge in [-0.25, -0.2) is 4.79 Å². The average Bonchev–Trinajstić information content (AvgIpc) is 2.71. The van der Waals surface area contributed by atoms with E-state index in [1.54, 1.807) is 11.8 Å². The number of nitrogens with zero attached hydrogens (tertiary/aromatic N) is 1. The molecular weight excluding hydrogens is 308 g/mol. The summed E-state index contributed by atoms with van der Waals surface area (Å²) < 4.78 is 5.48. The van der Waals surface area contributed by atoms with Crippen molar-refractivity contribution in [2.45, 2.75) is 56.6 Å². The molecule has 1 heterocycles. The van der Waals surface area contributed by atoms with E-state index in [2.05, 4.69) is 35.8 Å². The number of ether oxygens (including phenoxy) is 1. The van der Waals surface area contributed by atoms with Crippen LogP contribution in [-0.4, -0.2) is 42.0 Å². The van der Waals surface area contributed by atoms with Crippen molar-refractivity contribution >= 4 is 23.5 Å². The van der Waals surface area contributed by atoms with E-state index in [1.807, 2.05) is 25.7 Å². The Balaban J connectivity index is 1.89. The van der Waals surface area contributed by atoms with E-state index in [-0.39, 0.29) is 6.09 Å². The monoisotopic (exact) mass is 336 g/mol. The number of rotatable bonds is 3. The first kappa shape index (κ1) is 18.0. The molecule has 0 radical (unpaired) electrons. The van der Waals surface area contributed by atoms with Gasteiger partial charge in [0, 0.05) is 29.7 Å². The van der Waals surface area contributed by atoms with Crippen LogP contribution in [0.25, 0.3) is 0 Å². The molecule has 1 fully saturated rings. The summed E-state index contributed by atoms with van der Waals surface area (Å²) in [4.78, 5) is 15.3. The molecule has 0 aliphatic carbocycles. The third-order valence-corrected chi connectivity index (χ3v) is 4.55. The highest BCUT2D eigenvalue weighted by Gasteiger charge is 2.25. The number of nitrogens with one attached hydrogen (secondary N) is 1. The summed E-state index contributed by atoms with van der Waals surface area (Å²) >= 11 is 1.75. The fourth-order valence-corrected chi connectivity index (χ4v) is 3.16. The fraction of sp³-hybridized carbons (Fsp3) is 0.611. The Bertz CT molecular complexity index is 528. The van der Waals surface area contributed by atoms with Crippen molar-refractivity contribution in [3.63, 3.8) is 0 Å². The molecule has 23 heavy (non-hydrogen) atoms. The van der Waals surface area contributed by atoms with Gasteiger partial charge >= 0.3 is 6.09 Å². The van der Waals surface area contributed by atoms with E-state index < -0.39 is 5.60 Å². The summed E-state index contributed by atoms with van der Waals surface area (Å²) in [5.74, 6) is 0. The van der Waals surface area contributed by atoms with Gasteiger partial charge in [0.2, 0.25) is 0 Å². The molecule has 0 aromatic heterocycles. The fourth-order valence-electron chi connectivity index (χ4n) is 2.70. The highest BCUT2D eigenvalue weighted by Crippen LogP contribution is 2.22. The molecule has 1 saturated heterocycles. The minimum atomic E-state index is -0.431. The molecule has 0 saturated carbocycles. The van der Waals surface area contributed by atoms with Gasteiger partial charge in [0.25, 0.3) is 0 Å². The Morgan fingerprint density at radius 1 is 1.30 bits per heavy atom. The average molecular weight is 337 g/mol. The number of likely N-dealkylation sites (tertiary alicyclic amines) is 1. The Kier molecular flexibility index (Phi) is 6.22. The lowest BCUT2D eigenvalue weighted by Gasteiger charge is -2.26. The zero-order valence-corrected chi connectivity index (χ0v) is 15.4. The number of thioether (sulfide) groups is 1. The number of carbonyl (C=O) groups excluding carboxylic acids is 1. The number of anilines is 1. The van der Waals surface area contributed by atoms with Crippen LogP contribution in [0.15, 0.2) is 29.2 Å². The van der Waals surface area contributed by atoms with Crippen molar-refractivity contribution in [2.24, 2.45) is 0 Å². The zero-order valence-electron chi connectivity index (χ0n) is 14.6. The summed E-state index contributed by atoms with van der Waals surface area (Å²) in [6.45, 7) is 7.25. The van der Waals surface area contributed by atoms with Gasteiger partial charge in [-0.05, 0) is 64.5 Å². The first-order chi connectivity index (χ1) is 10.9. The lowest BCUT2D eigenvalue weighted by Crippen LogP contribution is -2.37. The van der Waals surface area contributed by atoms with Gasteiger partial charge in [-0.2, -0.15) is 0 Å². The van der Waals surface area contributed by atoms with Gasteiger partial charge in [0.1, 0.15) is 5.60 Å². The van der Waals surface area contributed by atoms with E-state index in [9.17, 15) is 4.79 Å². The van der Waals surface area contributed by atoms with Crippen molar-refractivity contribution in [3.8, 4) is 0 Å². The highest BCUT2D eigenvalue weighted by molar-refractivity contribution is 7.98. The molecule has 4 nitrogen and oxygen atoms in total. The highest BCUT2D eigenvalue weighted by atomic mass is 32.2. The maximum Gasteiger partial charge on any atom is 0.410 e. The van der Waals surface area contributed by atoms with Crippen molar-refractivity contribution in [1.29, 1.82) is 0 Å². The Labute approximate surface area is 144 Å².